The molecule has 0 saturated carbocycles. The first-order valence-corrected chi connectivity index (χ1v) is 8.42. The van der Waals surface area contributed by atoms with E-state index in [1.54, 1.807) is 12.7 Å². The summed E-state index contributed by atoms with van der Waals surface area (Å²) >= 11 is 0. The summed E-state index contributed by atoms with van der Waals surface area (Å²) in [6.45, 7) is 6.97. The largest absolute Gasteiger partial charge is 0.394 e. The Labute approximate surface area is 147 Å². The number of aryl methyl sites for hydroxylation is 1. The molecule has 0 bridgehead atoms. The number of nitrogens with zero attached hydrogens (tertiary/aromatic N) is 5. The third-order valence-electron chi connectivity index (χ3n) is 4.28. The third-order valence-corrected chi connectivity index (χ3v) is 4.28. The van der Waals surface area contributed by atoms with Crippen LogP contribution in [-0.2, 0) is 26.2 Å². The number of aromatic nitrogens is 5. The summed E-state index contributed by atoms with van der Waals surface area (Å²) in [7, 11) is 0. The van der Waals surface area contributed by atoms with Crippen LogP contribution >= 0.6 is 0 Å². The molecule has 2 N–H and O–H groups in total. The Morgan fingerprint density at radius 2 is 2.00 bits per heavy atom. The first-order chi connectivity index (χ1) is 12.2. The van der Waals surface area contributed by atoms with Crippen molar-refractivity contribution in [3.63, 3.8) is 0 Å². The van der Waals surface area contributed by atoms with Crippen molar-refractivity contribution in [1.29, 1.82) is 0 Å². The van der Waals surface area contributed by atoms with Gasteiger partial charge in [-0.1, -0.05) is 24.3 Å². The smallest absolute Gasteiger partial charge is 0.137 e. The fraction of sp³-hybridized carbons (Fsp3) is 0.389. The van der Waals surface area contributed by atoms with E-state index >= 15 is 0 Å². The summed E-state index contributed by atoms with van der Waals surface area (Å²) in [5, 5.41) is 21.2. The molecule has 25 heavy (non-hydrogen) atoms. The lowest BCUT2D eigenvalue weighted by molar-refractivity contribution is 0.267. The first-order valence-electron chi connectivity index (χ1n) is 8.42. The highest BCUT2D eigenvalue weighted by molar-refractivity contribution is 5.26. The van der Waals surface area contributed by atoms with Crippen LogP contribution in [-0.4, -0.2) is 36.3 Å². The van der Waals surface area contributed by atoms with E-state index < -0.39 is 0 Å². The summed E-state index contributed by atoms with van der Waals surface area (Å²) in [5.41, 5.74) is 5.76. The Kier molecular flexibility index (Phi) is 5.57. The van der Waals surface area contributed by atoms with Crippen LogP contribution in [0.5, 0.6) is 0 Å². The average molecular weight is 340 g/mol. The van der Waals surface area contributed by atoms with Gasteiger partial charge >= 0.3 is 0 Å². The van der Waals surface area contributed by atoms with Gasteiger partial charge in [-0.15, -0.1) is 0 Å². The maximum atomic E-state index is 9.10. The molecule has 0 saturated heterocycles. The van der Waals surface area contributed by atoms with Crippen molar-refractivity contribution < 1.29 is 5.11 Å². The van der Waals surface area contributed by atoms with Crippen molar-refractivity contribution in [2.24, 2.45) is 0 Å². The monoisotopic (exact) mass is 340 g/mol. The lowest BCUT2D eigenvalue weighted by Crippen LogP contribution is -2.14. The highest BCUT2D eigenvalue weighted by atomic mass is 16.3. The normalized spacial score (nSPS) is 11.2. The number of hydrogen-bond donors (Lipinski definition) is 2. The van der Waals surface area contributed by atoms with Crippen LogP contribution in [0.1, 0.15) is 28.1 Å². The van der Waals surface area contributed by atoms with Crippen LogP contribution in [0.4, 0.5) is 0 Å². The second-order valence-electron chi connectivity index (χ2n) is 6.11. The number of aliphatic hydroxyl groups excluding tert-OH is 1. The fourth-order valence-electron chi connectivity index (χ4n) is 2.97. The molecule has 1 aromatic carbocycles. The van der Waals surface area contributed by atoms with Crippen LogP contribution in [0.25, 0.3) is 0 Å². The molecule has 0 aliphatic heterocycles. The van der Waals surface area contributed by atoms with Gasteiger partial charge in [0, 0.05) is 24.3 Å². The van der Waals surface area contributed by atoms with Crippen molar-refractivity contribution in [3.05, 3.63) is 65.0 Å². The van der Waals surface area contributed by atoms with Crippen molar-refractivity contribution in [3.8, 4) is 0 Å². The summed E-state index contributed by atoms with van der Waals surface area (Å²) in [6, 6.07) is 8.47. The van der Waals surface area contributed by atoms with E-state index in [0.29, 0.717) is 6.54 Å². The van der Waals surface area contributed by atoms with E-state index in [1.165, 1.54) is 16.7 Å². The van der Waals surface area contributed by atoms with E-state index in [1.807, 2.05) is 23.2 Å². The van der Waals surface area contributed by atoms with Gasteiger partial charge in [-0.25, -0.2) is 9.67 Å². The van der Waals surface area contributed by atoms with Gasteiger partial charge in [0.25, 0.3) is 0 Å². The SMILES string of the molecule is Cc1nn(CCO)c(C)c1CNCc1cccc(Cn2cncn2)c1. The van der Waals surface area contributed by atoms with E-state index in [-0.39, 0.29) is 6.61 Å². The molecule has 0 radical (unpaired) electrons. The number of benzene rings is 1. The highest BCUT2D eigenvalue weighted by Crippen LogP contribution is 2.13. The molecule has 0 spiro atoms. The minimum atomic E-state index is 0.105. The van der Waals surface area contributed by atoms with Crippen LogP contribution < -0.4 is 5.32 Å². The van der Waals surface area contributed by atoms with E-state index in [2.05, 4.69) is 44.8 Å². The van der Waals surface area contributed by atoms with Gasteiger partial charge in [-0.2, -0.15) is 10.2 Å². The Morgan fingerprint density at radius 1 is 1.16 bits per heavy atom. The van der Waals surface area contributed by atoms with Gasteiger partial charge in [0.05, 0.1) is 25.4 Å². The van der Waals surface area contributed by atoms with Crippen molar-refractivity contribution in [1.82, 2.24) is 29.9 Å². The van der Waals surface area contributed by atoms with Crippen molar-refractivity contribution in [2.75, 3.05) is 6.61 Å². The van der Waals surface area contributed by atoms with Crippen LogP contribution in [0, 0.1) is 13.8 Å². The predicted molar refractivity (Wildman–Crippen MR) is 94.9 cm³/mol. The molecule has 0 aliphatic rings. The molecule has 0 unspecified atom stereocenters. The number of hydrogen-bond acceptors (Lipinski definition) is 5. The Hall–Kier alpha value is -2.51. The third kappa shape index (κ3) is 4.32. The van der Waals surface area contributed by atoms with Gasteiger partial charge in [-0.3, -0.25) is 4.68 Å². The first kappa shape index (κ1) is 17.3. The Bertz CT molecular complexity index is 809. The van der Waals surface area contributed by atoms with Gasteiger partial charge < -0.3 is 10.4 Å². The van der Waals surface area contributed by atoms with Gasteiger partial charge in [0.1, 0.15) is 12.7 Å². The lowest BCUT2D eigenvalue weighted by Gasteiger charge is -2.08. The second kappa shape index (κ2) is 8.04. The zero-order valence-corrected chi connectivity index (χ0v) is 14.7. The zero-order chi connectivity index (χ0) is 17.6. The quantitative estimate of drug-likeness (QED) is 0.648. The molecule has 132 valence electrons. The second-order valence-corrected chi connectivity index (χ2v) is 6.11. The molecular formula is C18H24N6O. The maximum absolute atomic E-state index is 9.10. The van der Waals surface area contributed by atoms with Gasteiger partial charge in [0.15, 0.2) is 0 Å². The van der Waals surface area contributed by atoms with E-state index in [9.17, 15) is 0 Å². The fourth-order valence-corrected chi connectivity index (χ4v) is 2.97. The zero-order valence-electron chi connectivity index (χ0n) is 14.7. The number of aliphatic hydroxyl groups is 1. The van der Waals surface area contributed by atoms with Crippen LogP contribution in [0.3, 0.4) is 0 Å². The van der Waals surface area contributed by atoms with Gasteiger partial charge in [-0.05, 0) is 25.0 Å². The molecule has 0 amide bonds. The molecular weight excluding hydrogens is 316 g/mol. The Morgan fingerprint density at radius 3 is 2.76 bits per heavy atom. The molecule has 7 nitrogen and oxygen atoms in total. The van der Waals surface area contributed by atoms with Crippen molar-refractivity contribution in [2.45, 2.75) is 40.0 Å². The standard InChI is InChI=1S/C18H24N6O/c1-14-18(15(2)24(22-14)6-7-25)10-19-9-16-4-3-5-17(8-16)11-23-13-20-12-21-23/h3-5,8,12-13,19,25H,6-7,9-11H2,1-2H3. The number of rotatable bonds is 8. The predicted octanol–water partition coefficient (Wildman–Crippen LogP) is 1.42. The molecule has 2 heterocycles. The van der Waals surface area contributed by atoms with Crippen molar-refractivity contribution >= 4 is 0 Å². The van der Waals surface area contributed by atoms with E-state index in [0.717, 1.165) is 31.0 Å². The average Bonchev–Trinajstić information content (AvgIpc) is 3.19. The minimum Gasteiger partial charge on any atom is -0.394 e. The molecule has 3 aromatic rings. The molecule has 0 fully saturated rings. The summed E-state index contributed by atoms with van der Waals surface area (Å²) < 4.78 is 3.68. The summed E-state index contributed by atoms with van der Waals surface area (Å²) in [6.07, 6.45) is 3.27. The number of nitrogens with one attached hydrogen (secondary N) is 1. The molecule has 2 aromatic heterocycles. The van der Waals surface area contributed by atoms with Crippen LogP contribution in [0.15, 0.2) is 36.9 Å². The minimum absolute atomic E-state index is 0.105. The maximum Gasteiger partial charge on any atom is 0.137 e. The molecule has 3 rings (SSSR count). The van der Waals surface area contributed by atoms with E-state index in [4.69, 9.17) is 5.11 Å². The Balaban J connectivity index is 1.59. The molecule has 0 atom stereocenters. The summed E-state index contributed by atoms with van der Waals surface area (Å²) in [5.74, 6) is 0. The summed E-state index contributed by atoms with van der Waals surface area (Å²) in [4.78, 5) is 3.97. The topological polar surface area (TPSA) is 80.8 Å². The van der Waals surface area contributed by atoms with Gasteiger partial charge in [0.2, 0.25) is 0 Å². The van der Waals surface area contributed by atoms with Crippen LogP contribution in [0.2, 0.25) is 0 Å². The lowest BCUT2D eigenvalue weighted by atomic mass is 10.1. The molecule has 7 heteroatoms. The highest BCUT2D eigenvalue weighted by Gasteiger charge is 2.10. The molecule has 0 aliphatic carbocycles.